The fraction of sp³-hybridized carbons (Fsp3) is 0.667. The number of aliphatic carboxylic acids is 1. The lowest BCUT2D eigenvalue weighted by atomic mass is 10.0. The van der Waals surface area contributed by atoms with E-state index < -0.39 is 12.0 Å². The van der Waals surface area contributed by atoms with Gasteiger partial charge in [-0.15, -0.1) is 0 Å². The van der Waals surface area contributed by atoms with Crippen molar-refractivity contribution in [1.29, 1.82) is 0 Å². The number of aromatic nitrogens is 1. The summed E-state index contributed by atoms with van der Waals surface area (Å²) in [4.78, 5) is 13.0. The van der Waals surface area contributed by atoms with E-state index in [0.717, 1.165) is 11.5 Å². The fourth-order valence-corrected chi connectivity index (χ4v) is 1.77. The zero-order chi connectivity index (χ0) is 13.0. The van der Waals surface area contributed by atoms with Crippen LogP contribution < -0.4 is 0 Å². The lowest BCUT2D eigenvalue weighted by Crippen LogP contribution is -2.39. The van der Waals surface area contributed by atoms with Crippen molar-refractivity contribution in [2.45, 2.75) is 39.8 Å². The SMILES string of the molecule is Cc1cc(CN(C)C(CC(C)C)C(=O)O)no1. The van der Waals surface area contributed by atoms with E-state index in [9.17, 15) is 9.90 Å². The number of likely N-dealkylation sites (N-methyl/N-ethyl adjacent to an activating group) is 1. The minimum Gasteiger partial charge on any atom is -0.480 e. The minimum absolute atomic E-state index is 0.345. The molecule has 5 heteroatoms. The number of aryl methyl sites for hydroxylation is 1. The zero-order valence-corrected chi connectivity index (χ0v) is 10.8. The van der Waals surface area contributed by atoms with Gasteiger partial charge in [-0.05, 0) is 26.3 Å². The third-order valence-corrected chi connectivity index (χ3v) is 2.60. The number of nitrogens with zero attached hydrogens (tertiary/aromatic N) is 2. The Balaban J connectivity index is 2.65. The lowest BCUT2D eigenvalue weighted by Gasteiger charge is -2.24. The summed E-state index contributed by atoms with van der Waals surface area (Å²) < 4.78 is 4.96. The molecular formula is C12H20N2O3. The Hall–Kier alpha value is -1.36. The van der Waals surface area contributed by atoms with E-state index in [1.54, 1.807) is 11.9 Å². The summed E-state index contributed by atoms with van der Waals surface area (Å²) in [5, 5.41) is 13.1. The first-order chi connectivity index (χ1) is 7.90. The quantitative estimate of drug-likeness (QED) is 0.822. The standard InChI is InChI=1S/C12H20N2O3/c1-8(2)5-11(12(15)16)14(4)7-10-6-9(3)17-13-10/h6,8,11H,5,7H2,1-4H3,(H,15,16). The lowest BCUT2D eigenvalue weighted by molar-refractivity contribution is -0.143. The Labute approximate surface area is 101 Å². The Bertz CT molecular complexity index is 374. The van der Waals surface area contributed by atoms with Gasteiger partial charge in [0, 0.05) is 12.6 Å². The Morgan fingerprint density at radius 3 is 2.65 bits per heavy atom. The smallest absolute Gasteiger partial charge is 0.320 e. The van der Waals surface area contributed by atoms with Crippen molar-refractivity contribution >= 4 is 5.97 Å². The number of carboxylic acid groups (broad SMARTS) is 1. The maximum atomic E-state index is 11.2. The molecule has 0 bridgehead atoms. The van der Waals surface area contributed by atoms with Crippen molar-refractivity contribution in [3.63, 3.8) is 0 Å². The maximum Gasteiger partial charge on any atom is 0.320 e. The molecule has 0 aliphatic heterocycles. The first-order valence-corrected chi connectivity index (χ1v) is 5.75. The molecule has 0 aliphatic carbocycles. The molecule has 1 atom stereocenters. The van der Waals surface area contributed by atoms with Gasteiger partial charge >= 0.3 is 5.97 Å². The minimum atomic E-state index is -0.790. The van der Waals surface area contributed by atoms with Gasteiger partial charge in [0.2, 0.25) is 0 Å². The molecule has 1 heterocycles. The van der Waals surface area contributed by atoms with E-state index in [0.29, 0.717) is 18.9 Å². The second-order valence-electron chi connectivity index (χ2n) is 4.83. The molecule has 0 fully saturated rings. The second kappa shape index (κ2) is 5.82. The van der Waals surface area contributed by atoms with E-state index in [2.05, 4.69) is 5.16 Å². The number of carboxylic acids is 1. The van der Waals surface area contributed by atoms with Crippen LogP contribution in [0.3, 0.4) is 0 Å². The molecule has 0 radical (unpaired) electrons. The first-order valence-electron chi connectivity index (χ1n) is 5.75. The van der Waals surface area contributed by atoms with Crippen LogP contribution in [-0.4, -0.2) is 34.2 Å². The highest BCUT2D eigenvalue weighted by atomic mass is 16.5. The highest BCUT2D eigenvalue weighted by molar-refractivity contribution is 5.73. The van der Waals surface area contributed by atoms with Crippen LogP contribution in [0.4, 0.5) is 0 Å². The van der Waals surface area contributed by atoms with Crippen molar-refractivity contribution in [3.05, 3.63) is 17.5 Å². The summed E-state index contributed by atoms with van der Waals surface area (Å²) in [7, 11) is 1.80. The average Bonchev–Trinajstić information content (AvgIpc) is 2.59. The first kappa shape index (κ1) is 13.7. The molecule has 0 amide bonds. The highest BCUT2D eigenvalue weighted by Gasteiger charge is 2.24. The van der Waals surface area contributed by atoms with Crippen LogP contribution in [-0.2, 0) is 11.3 Å². The van der Waals surface area contributed by atoms with Crippen LogP contribution >= 0.6 is 0 Å². The molecule has 1 aromatic rings. The van der Waals surface area contributed by atoms with Gasteiger partial charge in [0.25, 0.3) is 0 Å². The van der Waals surface area contributed by atoms with E-state index in [1.165, 1.54) is 0 Å². The Morgan fingerprint density at radius 1 is 1.59 bits per heavy atom. The van der Waals surface area contributed by atoms with Crippen LogP contribution in [0.5, 0.6) is 0 Å². The van der Waals surface area contributed by atoms with Gasteiger partial charge in [0.1, 0.15) is 11.8 Å². The monoisotopic (exact) mass is 240 g/mol. The predicted octanol–water partition coefficient (Wildman–Crippen LogP) is 1.91. The van der Waals surface area contributed by atoms with E-state index in [4.69, 9.17) is 4.52 Å². The molecule has 1 rings (SSSR count). The second-order valence-corrected chi connectivity index (χ2v) is 4.83. The Kier molecular flexibility index (Phi) is 4.69. The van der Waals surface area contributed by atoms with E-state index >= 15 is 0 Å². The van der Waals surface area contributed by atoms with Gasteiger partial charge in [-0.2, -0.15) is 0 Å². The molecule has 1 aromatic heterocycles. The van der Waals surface area contributed by atoms with E-state index in [1.807, 2.05) is 26.8 Å². The van der Waals surface area contributed by atoms with Gasteiger partial charge in [-0.25, -0.2) is 0 Å². The van der Waals surface area contributed by atoms with E-state index in [-0.39, 0.29) is 0 Å². The summed E-state index contributed by atoms with van der Waals surface area (Å²) >= 11 is 0. The highest BCUT2D eigenvalue weighted by Crippen LogP contribution is 2.13. The van der Waals surface area contributed by atoms with Gasteiger partial charge in [-0.1, -0.05) is 19.0 Å². The molecule has 0 saturated heterocycles. The molecule has 5 nitrogen and oxygen atoms in total. The van der Waals surface area contributed by atoms with Crippen molar-refractivity contribution in [2.24, 2.45) is 5.92 Å². The summed E-state index contributed by atoms with van der Waals surface area (Å²) in [6.07, 6.45) is 0.628. The molecule has 17 heavy (non-hydrogen) atoms. The zero-order valence-electron chi connectivity index (χ0n) is 10.8. The van der Waals surface area contributed by atoms with Gasteiger partial charge in [0.05, 0.1) is 5.69 Å². The van der Waals surface area contributed by atoms with Crippen LogP contribution in [0.15, 0.2) is 10.6 Å². The fourth-order valence-electron chi connectivity index (χ4n) is 1.77. The molecular weight excluding hydrogens is 220 g/mol. The molecule has 96 valence electrons. The molecule has 0 aliphatic rings. The van der Waals surface area contributed by atoms with Crippen LogP contribution in [0.2, 0.25) is 0 Å². The Morgan fingerprint density at radius 2 is 2.24 bits per heavy atom. The number of rotatable bonds is 6. The summed E-state index contributed by atoms with van der Waals surface area (Å²) in [5.74, 6) is 0.295. The topological polar surface area (TPSA) is 66.6 Å². The normalized spacial score (nSPS) is 13.3. The van der Waals surface area contributed by atoms with Crippen LogP contribution in [0, 0.1) is 12.8 Å². The van der Waals surface area contributed by atoms with Crippen molar-refractivity contribution in [1.82, 2.24) is 10.1 Å². The molecule has 0 spiro atoms. The molecule has 0 aromatic carbocycles. The van der Waals surface area contributed by atoms with Crippen LogP contribution in [0.25, 0.3) is 0 Å². The summed E-state index contributed by atoms with van der Waals surface area (Å²) in [5.41, 5.74) is 0.764. The molecule has 1 unspecified atom stereocenters. The van der Waals surface area contributed by atoms with Gasteiger partial charge in [0.15, 0.2) is 0 Å². The van der Waals surface area contributed by atoms with Gasteiger partial charge < -0.3 is 9.63 Å². The van der Waals surface area contributed by atoms with Crippen molar-refractivity contribution in [2.75, 3.05) is 7.05 Å². The number of carbonyl (C=O) groups is 1. The van der Waals surface area contributed by atoms with Gasteiger partial charge in [-0.3, -0.25) is 9.69 Å². The van der Waals surface area contributed by atoms with Crippen molar-refractivity contribution in [3.8, 4) is 0 Å². The molecule has 1 N–H and O–H groups in total. The largest absolute Gasteiger partial charge is 0.480 e. The number of hydrogen-bond acceptors (Lipinski definition) is 4. The predicted molar refractivity (Wildman–Crippen MR) is 63.6 cm³/mol. The number of hydrogen-bond donors (Lipinski definition) is 1. The third-order valence-electron chi connectivity index (χ3n) is 2.60. The maximum absolute atomic E-state index is 11.2. The van der Waals surface area contributed by atoms with Crippen molar-refractivity contribution < 1.29 is 14.4 Å². The third kappa shape index (κ3) is 4.19. The van der Waals surface area contributed by atoms with Crippen LogP contribution in [0.1, 0.15) is 31.7 Å². The summed E-state index contributed by atoms with van der Waals surface area (Å²) in [6, 6.07) is 1.34. The summed E-state index contributed by atoms with van der Waals surface area (Å²) in [6.45, 7) is 6.34. The average molecular weight is 240 g/mol. The molecule has 0 saturated carbocycles.